The molecule has 0 atom stereocenters. The molecule has 2 aromatic rings. The Kier molecular flexibility index (Phi) is 8.24. The number of rotatable bonds is 5. The van der Waals surface area contributed by atoms with Gasteiger partial charge in [-0.15, -0.1) is 0 Å². The second kappa shape index (κ2) is 10.4. The minimum atomic E-state index is -4.79. The van der Waals surface area contributed by atoms with Gasteiger partial charge in [0.25, 0.3) is 0 Å². The third kappa shape index (κ3) is 6.84. The number of benzene rings is 1. The second-order valence-electron chi connectivity index (χ2n) is 11.3. The molecule has 1 aromatic carbocycles. The SMILES string of the molecule is C[As](C)C(C)(C)Cn1cc(-c2ccc(F)c(C(F)(F)F)c2)nc1C1CCN(C(=O)OC(C)(C)C)CC1. The summed E-state index contributed by atoms with van der Waals surface area (Å²) < 4.78 is 61.5. The van der Waals surface area contributed by atoms with Crippen molar-refractivity contribution in [2.45, 2.75) is 87.3 Å². The maximum atomic E-state index is 13.9. The number of piperidine rings is 1. The Morgan fingerprint density at radius 2 is 1.72 bits per heavy atom. The van der Waals surface area contributed by atoms with E-state index < -0.39 is 37.8 Å². The number of alkyl halides is 3. The van der Waals surface area contributed by atoms with Crippen LogP contribution in [0.25, 0.3) is 11.3 Å². The van der Waals surface area contributed by atoms with Gasteiger partial charge in [0.2, 0.25) is 0 Å². The standard InChI is InChI=1S/C26H36AsF4N3O2/c1-24(2,3)36-23(35)33-12-10-17(11-13-33)22-32-21(15-34(22)16-25(4,5)27(6)7)18-8-9-20(28)19(14-18)26(29,30)31/h8-9,14-15,17H,10-13,16H2,1-7H3. The molecule has 1 saturated heterocycles. The molecule has 1 aliphatic rings. The Bertz CT molecular complexity index is 1080. The zero-order chi connectivity index (χ0) is 27.1. The number of halogens is 4. The van der Waals surface area contributed by atoms with E-state index >= 15 is 0 Å². The van der Waals surface area contributed by atoms with E-state index in [-0.39, 0.29) is 21.8 Å². The van der Waals surface area contributed by atoms with Gasteiger partial charge in [-0.3, -0.25) is 0 Å². The Labute approximate surface area is 215 Å². The van der Waals surface area contributed by atoms with Crippen LogP contribution in [0.3, 0.4) is 0 Å². The molecular weight excluding hydrogens is 537 g/mol. The van der Waals surface area contributed by atoms with Gasteiger partial charge in [0.05, 0.1) is 0 Å². The van der Waals surface area contributed by atoms with Crippen LogP contribution >= 0.6 is 0 Å². The van der Waals surface area contributed by atoms with Crippen LogP contribution < -0.4 is 0 Å². The summed E-state index contributed by atoms with van der Waals surface area (Å²) in [5.74, 6) is -0.450. The van der Waals surface area contributed by atoms with Crippen molar-refractivity contribution in [3.8, 4) is 11.3 Å². The molecule has 0 bridgehead atoms. The van der Waals surface area contributed by atoms with Gasteiger partial charge < -0.3 is 0 Å². The van der Waals surface area contributed by atoms with Gasteiger partial charge in [0.1, 0.15) is 0 Å². The molecule has 200 valence electrons. The van der Waals surface area contributed by atoms with E-state index in [4.69, 9.17) is 9.72 Å². The second-order valence-corrected chi connectivity index (χ2v) is 17.5. The molecule has 0 radical (unpaired) electrons. The van der Waals surface area contributed by atoms with Crippen LogP contribution in [0.1, 0.15) is 64.8 Å². The number of hydrogen-bond acceptors (Lipinski definition) is 3. The summed E-state index contributed by atoms with van der Waals surface area (Å²) in [4.78, 5) is 19.0. The predicted octanol–water partition coefficient (Wildman–Crippen LogP) is 7.36. The minimum absolute atomic E-state index is 0.0467. The summed E-state index contributed by atoms with van der Waals surface area (Å²) in [5.41, 5.74) is 3.31. The summed E-state index contributed by atoms with van der Waals surface area (Å²) >= 11 is -1.15. The fourth-order valence-corrected chi connectivity index (χ4v) is 5.04. The van der Waals surface area contributed by atoms with Crippen molar-refractivity contribution >= 4 is 20.7 Å². The summed E-state index contributed by atoms with van der Waals surface area (Å²) in [7, 11) is 0. The van der Waals surface area contributed by atoms with Gasteiger partial charge in [0.15, 0.2) is 0 Å². The third-order valence-corrected chi connectivity index (χ3v) is 12.0. The molecule has 2 heterocycles. The Morgan fingerprint density at radius 1 is 1.11 bits per heavy atom. The maximum absolute atomic E-state index is 13.9. The van der Waals surface area contributed by atoms with Crippen LogP contribution in [0.2, 0.25) is 15.6 Å². The molecular formula is C26H36AsF4N3O2. The molecule has 10 heteroatoms. The fraction of sp³-hybridized carbons (Fsp3) is 0.615. The Hall–Kier alpha value is -2.02. The van der Waals surface area contributed by atoms with Crippen LogP contribution in [0.15, 0.2) is 24.4 Å². The van der Waals surface area contributed by atoms with Crippen LogP contribution in [0.4, 0.5) is 22.4 Å². The molecule has 0 N–H and O–H groups in total. The van der Waals surface area contributed by atoms with E-state index in [1.165, 1.54) is 6.07 Å². The van der Waals surface area contributed by atoms with E-state index in [1.54, 1.807) is 11.1 Å². The number of amides is 1. The average molecular weight is 574 g/mol. The topological polar surface area (TPSA) is 47.4 Å². The fourth-order valence-electron chi connectivity index (χ4n) is 4.13. The van der Waals surface area contributed by atoms with Crippen LogP contribution in [-0.2, 0) is 17.5 Å². The number of imidazole rings is 1. The van der Waals surface area contributed by atoms with Crippen LogP contribution in [0.5, 0.6) is 0 Å². The number of carbonyl (C=O) groups is 1. The molecule has 1 amide bonds. The van der Waals surface area contributed by atoms with Gasteiger partial charge in [-0.05, 0) is 0 Å². The van der Waals surface area contributed by atoms with Gasteiger partial charge in [-0.25, -0.2) is 0 Å². The molecule has 1 aromatic heterocycles. The first-order chi connectivity index (χ1) is 16.5. The van der Waals surface area contributed by atoms with E-state index in [2.05, 4.69) is 29.8 Å². The molecule has 0 saturated carbocycles. The Balaban J connectivity index is 1.92. The third-order valence-electron chi connectivity index (χ3n) is 6.65. The zero-order valence-corrected chi connectivity index (χ0v) is 23.9. The summed E-state index contributed by atoms with van der Waals surface area (Å²) in [6.45, 7) is 11.6. The molecule has 0 spiro atoms. The number of hydrogen-bond donors (Lipinski definition) is 0. The van der Waals surface area contributed by atoms with Crippen molar-refractivity contribution in [3.05, 3.63) is 41.6 Å². The van der Waals surface area contributed by atoms with Crippen molar-refractivity contribution < 1.29 is 27.1 Å². The Morgan fingerprint density at radius 3 is 2.25 bits per heavy atom. The van der Waals surface area contributed by atoms with Crippen LogP contribution in [-0.4, -0.2) is 53.9 Å². The molecule has 36 heavy (non-hydrogen) atoms. The number of carbonyl (C=O) groups excluding carboxylic acids is 1. The van der Waals surface area contributed by atoms with Crippen molar-refractivity contribution in [1.29, 1.82) is 0 Å². The van der Waals surface area contributed by atoms with Gasteiger partial charge >= 0.3 is 216 Å². The molecule has 0 unspecified atom stereocenters. The normalized spacial score (nSPS) is 16.1. The number of likely N-dealkylation sites (tertiary alicyclic amines) is 1. The van der Waals surface area contributed by atoms with E-state index in [0.29, 0.717) is 38.2 Å². The predicted molar refractivity (Wildman–Crippen MR) is 134 cm³/mol. The molecule has 3 rings (SSSR count). The van der Waals surface area contributed by atoms with E-state index in [1.807, 2.05) is 20.8 Å². The van der Waals surface area contributed by atoms with Gasteiger partial charge in [-0.1, -0.05) is 0 Å². The van der Waals surface area contributed by atoms with Crippen LogP contribution in [0, 0.1) is 5.82 Å². The van der Waals surface area contributed by atoms with Crippen molar-refractivity contribution in [2.24, 2.45) is 0 Å². The first-order valence-corrected chi connectivity index (χ1v) is 16.8. The molecule has 5 nitrogen and oxygen atoms in total. The first-order valence-electron chi connectivity index (χ1n) is 12.1. The van der Waals surface area contributed by atoms with Crippen molar-refractivity contribution in [1.82, 2.24) is 14.5 Å². The van der Waals surface area contributed by atoms with E-state index in [0.717, 1.165) is 18.0 Å². The summed E-state index contributed by atoms with van der Waals surface area (Å²) in [5, 5.41) is 0. The molecule has 1 aliphatic heterocycles. The zero-order valence-electron chi connectivity index (χ0n) is 22.0. The summed E-state index contributed by atoms with van der Waals surface area (Å²) in [6.07, 6.45) is -1.99. The van der Waals surface area contributed by atoms with Crippen molar-refractivity contribution in [2.75, 3.05) is 13.1 Å². The van der Waals surface area contributed by atoms with E-state index in [9.17, 15) is 22.4 Å². The number of nitrogens with zero attached hydrogens (tertiary/aromatic N) is 3. The monoisotopic (exact) mass is 573 g/mol. The first kappa shape index (κ1) is 28.5. The van der Waals surface area contributed by atoms with Gasteiger partial charge in [0, 0.05) is 0 Å². The van der Waals surface area contributed by atoms with Gasteiger partial charge in [-0.2, -0.15) is 0 Å². The molecule has 1 fully saturated rings. The quantitative estimate of drug-likeness (QED) is 0.278. The molecule has 0 aliphatic carbocycles. The number of aromatic nitrogens is 2. The summed E-state index contributed by atoms with van der Waals surface area (Å²) in [6, 6.07) is 3.02. The van der Waals surface area contributed by atoms with Crippen molar-refractivity contribution in [3.63, 3.8) is 0 Å². The average Bonchev–Trinajstić information content (AvgIpc) is 3.15. The number of ether oxygens (including phenoxy) is 1.